The topological polar surface area (TPSA) is 0 Å². The summed E-state index contributed by atoms with van der Waals surface area (Å²) in [6.07, 6.45) is 18.1. The molecule has 0 unspecified atom stereocenters. The number of hydrogen-bond donors (Lipinski definition) is 0. The van der Waals surface area contributed by atoms with Gasteiger partial charge in [0.05, 0.1) is 0 Å². The second kappa shape index (κ2) is 2.30. The Kier molecular flexibility index (Phi) is 1.49. The van der Waals surface area contributed by atoms with Crippen LogP contribution >= 0.6 is 0 Å². The van der Waals surface area contributed by atoms with E-state index in [1.165, 1.54) is 0 Å². The van der Waals surface area contributed by atoms with Crippen molar-refractivity contribution in [1.82, 2.24) is 0 Å². The number of fused-ring (bicyclic) bond motifs is 3. The van der Waals surface area contributed by atoms with Crippen LogP contribution in [-0.4, -0.2) is 0 Å². The van der Waals surface area contributed by atoms with E-state index in [1.54, 1.807) is 0 Å². The summed E-state index contributed by atoms with van der Waals surface area (Å²) in [7, 11) is 0. The highest BCUT2D eigenvalue weighted by Gasteiger charge is 2.46. The Balaban J connectivity index is 2.22. The Morgan fingerprint density at radius 2 is 0.917 bits per heavy atom. The summed E-state index contributed by atoms with van der Waals surface area (Å²) in [6.45, 7) is 0. The Labute approximate surface area is 74.7 Å². The van der Waals surface area contributed by atoms with Gasteiger partial charge >= 0.3 is 0 Å². The molecular formula is C12H14. The van der Waals surface area contributed by atoms with Crippen LogP contribution in [0.4, 0.5) is 0 Å². The van der Waals surface area contributed by atoms with Crippen LogP contribution in [0.2, 0.25) is 0 Å². The van der Waals surface area contributed by atoms with Crippen molar-refractivity contribution in [3.05, 3.63) is 0 Å². The first-order valence-corrected chi connectivity index (χ1v) is 4.70. The normalized spacial score (nSPS) is 44.8. The molecule has 0 spiro atoms. The number of rotatable bonds is 0. The van der Waals surface area contributed by atoms with Crippen molar-refractivity contribution >= 4 is 0 Å². The summed E-state index contributed by atoms with van der Waals surface area (Å²) < 4.78 is 0. The molecule has 0 aromatic rings. The second-order valence-electron chi connectivity index (χ2n) is 4.35. The van der Waals surface area contributed by atoms with Gasteiger partial charge in [-0.1, -0.05) is 11.8 Å². The van der Waals surface area contributed by atoms with Crippen LogP contribution in [0.1, 0.15) is 38.5 Å². The van der Waals surface area contributed by atoms with Crippen LogP contribution in [0, 0.1) is 35.5 Å². The van der Waals surface area contributed by atoms with E-state index in [4.69, 9.17) is 12.8 Å². The summed E-state index contributed by atoms with van der Waals surface area (Å²) in [5.74, 6) is 5.96. The van der Waals surface area contributed by atoms with Crippen LogP contribution in [0.25, 0.3) is 0 Å². The van der Waals surface area contributed by atoms with Crippen LogP contribution in [0.15, 0.2) is 0 Å². The lowest BCUT2D eigenvalue weighted by Crippen LogP contribution is -2.39. The molecular weight excluding hydrogens is 144 g/mol. The quantitative estimate of drug-likeness (QED) is 0.475. The Morgan fingerprint density at radius 1 is 0.667 bits per heavy atom. The van der Waals surface area contributed by atoms with E-state index in [9.17, 15) is 0 Å². The number of hydrogen-bond acceptors (Lipinski definition) is 0. The molecule has 0 aromatic heterocycles. The molecule has 0 amide bonds. The van der Waals surface area contributed by atoms with Gasteiger partial charge in [-0.15, -0.1) is 12.8 Å². The summed E-state index contributed by atoms with van der Waals surface area (Å²) in [6, 6.07) is 0. The molecule has 3 rings (SSSR count). The molecule has 2 bridgehead atoms. The first kappa shape index (κ1) is 7.75. The van der Waals surface area contributed by atoms with Gasteiger partial charge in [0.2, 0.25) is 0 Å². The van der Waals surface area contributed by atoms with Crippen molar-refractivity contribution in [3.63, 3.8) is 0 Å². The summed E-state index contributed by atoms with van der Waals surface area (Å²) in [4.78, 5) is 0. The second-order valence-corrected chi connectivity index (χ2v) is 4.35. The lowest BCUT2D eigenvalue weighted by Gasteiger charge is -2.48. The van der Waals surface area contributed by atoms with Gasteiger partial charge < -0.3 is 0 Å². The third kappa shape index (κ3) is 0.881. The molecule has 3 fully saturated rings. The molecule has 12 heavy (non-hydrogen) atoms. The fraction of sp³-hybridized carbons (Fsp3) is 0.667. The third-order valence-corrected chi connectivity index (χ3v) is 3.86. The zero-order valence-corrected chi connectivity index (χ0v) is 7.40. The predicted octanol–water partition coefficient (Wildman–Crippen LogP) is 2.59. The van der Waals surface area contributed by atoms with E-state index < -0.39 is 0 Å². The van der Waals surface area contributed by atoms with Gasteiger partial charge in [0.1, 0.15) is 0 Å². The average Bonchev–Trinajstić information content (AvgIpc) is 2.21. The van der Waals surface area contributed by atoms with Crippen molar-refractivity contribution in [2.24, 2.45) is 10.8 Å². The van der Waals surface area contributed by atoms with E-state index in [2.05, 4.69) is 11.8 Å². The van der Waals surface area contributed by atoms with Crippen molar-refractivity contribution in [2.45, 2.75) is 38.5 Å². The molecule has 3 aliphatic rings. The van der Waals surface area contributed by atoms with Gasteiger partial charge in [-0.25, -0.2) is 0 Å². The molecule has 0 radical (unpaired) electrons. The highest BCUT2D eigenvalue weighted by Crippen LogP contribution is 2.56. The van der Waals surface area contributed by atoms with E-state index >= 15 is 0 Å². The smallest absolute Gasteiger partial charge is 0.0313 e. The molecule has 3 aliphatic carbocycles. The van der Waals surface area contributed by atoms with Gasteiger partial charge in [0.25, 0.3) is 0 Å². The van der Waals surface area contributed by atoms with Crippen molar-refractivity contribution in [1.29, 1.82) is 0 Å². The first-order chi connectivity index (χ1) is 5.74. The molecule has 0 N–H and O–H groups in total. The molecule has 0 aromatic carbocycles. The standard InChI is InChI=1S/C12H14/c1-3-11-5-8-12(4-2,9-6-11)10-7-11/h1-2H,5-10H2. The number of terminal acetylenes is 2. The minimum absolute atomic E-state index is 0.235. The highest BCUT2D eigenvalue weighted by atomic mass is 14.5. The first-order valence-electron chi connectivity index (χ1n) is 4.70. The minimum atomic E-state index is 0.235. The summed E-state index contributed by atoms with van der Waals surface area (Å²) >= 11 is 0. The molecule has 0 aliphatic heterocycles. The van der Waals surface area contributed by atoms with Gasteiger partial charge in [-0.05, 0) is 38.5 Å². The van der Waals surface area contributed by atoms with Crippen molar-refractivity contribution in [3.8, 4) is 24.7 Å². The van der Waals surface area contributed by atoms with Gasteiger partial charge in [-0.2, -0.15) is 0 Å². The van der Waals surface area contributed by atoms with Crippen LogP contribution < -0.4 is 0 Å². The lowest BCUT2D eigenvalue weighted by atomic mass is 9.54. The van der Waals surface area contributed by atoms with E-state index in [0.717, 1.165) is 38.5 Å². The Bertz CT molecular complexity index is 217. The maximum absolute atomic E-state index is 5.56. The molecule has 0 nitrogen and oxygen atoms in total. The fourth-order valence-corrected chi connectivity index (χ4v) is 2.62. The maximum Gasteiger partial charge on any atom is 0.0313 e. The van der Waals surface area contributed by atoms with E-state index in [-0.39, 0.29) is 10.8 Å². The SMILES string of the molecule is C#CC12CCC(C#C)(CC1)CC2. The lowest BCUT2D eigenvalue weighted by molar-refractivity contribution is 0.0720. The van der Waals surface area contributed by atoms with Gasteiger partial charge in [0.15, 0.2) is 0 Å². The van der Waals surface area contributed by atoms with Crippen molar-refractivity contribution in [2.75, 3.05) is 0 Å². The molecule has 0 atom stereocenters. The largest absolute Gasteiger partial charge is 0.120 e. The summed E-state index contributed by atoms with van der Waals surface area (Å²) in [5.41, 5.74) is 0.469. The fourth-order valence-electron chi connectivity index (χ4n) is 2.62. The molecule has 62 valence electrons. The molecule has 0 heterocycles. The molecule has 0 heteroatoms. The maximum atomic E-state index is 5.56. The minimum Gasteiger partial charge on any atom is -0.120 e. The van der Waals surface area contributed by atoms with Crippen LogP contribution in [0.3, 0.4) is 0 Å². The Morgan fingerprint density at radius 3 is 1.08 bits per heavy atom. The average molecular weight is 158 g/mol. The highest BCUT2D eigenvalue weighted by molar-refractivity contribution is 5.19. The van der Waals surface area contributed by atoms with Crippen LogP contribution in [0.5, 0.6) is 0 Å². The predicted molar refractivity (Wildman–Crippen MR) is 50.2 cm³/mol. The van der Waals surface area contributed by atoms with Crippen molar-refractivity contribution < 1.29 is 0 Å². The zero-order valence-electron chi connectivity index (χ0n) is 7.40. The van der Waals surface area contributed by atoms with Gasteiger partial charge in [0, 0.05) is 10.8 Å². The monoisotopic (exact) mass is 158 g/mol. The van der Waals surface area contributed by atoms with E-state index in [0.29, 0.717) is 0 Å². The van der Waals surface area contributed by atoms with Gasteiger partial charge in [-0.3, -0.25) is 0 Å². The summed E-state index contributed by atoms with van der Waals surface area (Å²) in [5, 5.41) is 0. The van der Waals surface area contributed by atoms with Crippen LogP contribution in [-0.2, 0) is 0 Å². The van der Waals surface area contributed by atoms with E-state index in [1.807, 2.05) is 0 Å². The third-order valence-electron chi connectivity index (χ3n) is 3.86. The molecule has 0 saturated heterocycles. The molecule has 3 saturated carbocycles. The Hall–Kier alpha value is -0.880. The zero-order chi connectivity index (χ0) is 8.66.